The number of ether oxygens (including phenoxy) is 1. The van der Waals surface area contributed by atoms with Gasteiger partial charge in [-0.1, -0.05) is 55.5 Å². The van der Waals surface area contributed by atoms with Crippen LogP contribution < -0.4 is 10.6 Å². The van der Waals surface area contributed by atoms with Crippen molar-refractivity contribution in [2.75, 3.05) is 11.9 Å². The number of amides is 2. The van der Waals surface area contributed by atoms with E-state index in [1.807, 2.05) is 48.5 Å². The van der Waals surface area contributed by atoms with Gasteiger partial charge in [-0.25, -0.2) is 18.4 Å². The van der Waals surface area contributed by atoms with Crippen LogP contribution in [0.25, 0.3) is 11.1 Å². The molecule has 0 aromatic heterocycles. The zero-order valence-electron chi connectivity index (χ0n) is 18.7. The van der Waals surface area contributed by atoms with E-state index in [0.29, 0.717) is 0 Å². The van der Waals surface area contributed by atoms with Crippen molar-refractivity contribution in [3.8, 4) is 11.1 Å². The van der Waals surface area contributed by atoms with E-state index in [2.05, 4.69) is 10.6 Å². The molecular formula is C26H22F2N2O5. The number of hydrogen-bond donors (Lipinski definition) is 3. The van der Waals surface area contributed by atoms with Crippen LogP contribution in [0.2, 0.25) is 0 Å². The lowest BCUT2D eigenvalue weighted by molar-refractivity contribution is -0.139. The molecule has 0 saturated heterocycles. The van der Waals surface area contributed by atoms with Crippen molar-refractivity contribution in [2.45, 2.75) is 25.3 Å². The van der Waals surface area contributed by atoms with Crippen molar-refractivity contribution in [1.29, 1.82) is 0 Å². The summed E-state index contributed by atoms with van der Waals surface area (Å²) in [5, 5.41) is 13.3. The van der Waals surface area contributed by atoms with Crippen LogP contribution in [0, 0.1) is 11.6 Å². The van der Waals surface area contributed by atoms with Crippen LogP contribution in [0.15, 0.2) is 60.7 Å². The minimum absolute atomic E-state index is 0.0159. The third-order valence-corrected chi connectivity index (χ3v) is 5.91. The van der Waals surface area contributed by atoms with E-state index in [-0.39, 0.29) is 18.9 Å². The van der Waals surface area contributed by atoms with Crippen LogP contribution in [0.4, 0.5) is 19.3 Å². The maximum absolute atomic E-state index is 14.9. The van der Waals surface area contributed by atoms with Gasteiger partial charge < -0.3 is 15.2 Å². The highest BCUT2D eigenvalue weighted by atomic mass is 19.1. The molecule has 35 heavy (non-hydrogen) atoms. The van der Waals surface area contributed by atoms with E-state index in [4.69, 9.17) is 9.84 Å². The molecule has 3 aromatic rings. The lowest BCUT2D eigenvalue weighted by atomic mass is 9.98. The molecule has 3 aromatic carbocycles. The molecule has 180 valence electrons. The van der Waals surface area contributed by atoms with Gasteiger partial charge in [0.15, 0.2) is 5.82 Å². The van der Waals surface area contributed by atoms with Crippen LogP contribution in [0.1, 0.15) is 40.7 Å². The summed E-state index contributed by atoms with van der Waals surface area (Å²) in [6, 6.07) is 16.0. The molecule has 2 amide bonds. The topological polar surface area (TPSA) is 105 Å². The molecule has 0 spiro atoms. The van der Waals surface area contributed by atoms with E-state index in [9.17, 15) is 23.2 Å². The first-order chi connectivity index (χ1) is 16.8. The minimum Gasteiger partial charge on any atom is -0.480 e. The summed E-state index contributed by atoms with van der Waals surface area (Å²) in [6.45, 7) is 1.48. The summed E-state index contributed by atoms with van der Waals surface area (Å²) in [4.78, 5) is 35.9. The number of rotatable bonds is 7. The van der Waals surface area contributed by atoms with Gasteiger partial charge in [-0.2, -0.15) is 0 Å². The van der Waals surface area contributed by atoms with Gasteiger partial charge in [0.1, 0.15) is 24.0 Å². The number of nitrogens with one attached hydrogen (secondary N) is 2. The molecule has 0 unspecified atom stereocenters. The molecule has 0 saturated carbocycles. The Bertz CT molecular complexity index is 1270. The molecule has 1 aliphatic rings. The maximum Gasteiger partial charge on any atom is 0.411 e. The number of aliphatic carboxylic acids is 1. The highest BCUT2D eigenvalue weighted by Crippen LogP contribution is 2.44. The number of carbonyl (C=O) groups is 3. The van der Waals surface area contributed by atoms with Gasteiger partial charge in [0.05, 0.1) is 5.69 Å². The number of carboxylic acids is 1. The fourth-order valence-corrected chi connectivity index (χ4v) is 4.17. The predicted octanol–water partition coefficient (Wildman–Crippen LogP) is 4.92. The Labute approximate surface area is 199 Å². The van der Waals surface area contributed by atoms with E-state index in [1.165, 1.54) is 6.92 Å². The normalized spacial score (nSPS) is 12.9. The first-order valence-electron chi connectivity index (χ1n) is 11.0. The molecule has 0 heterocycles. The van der Waals surface area contributed by atoms with E-state index >= 15 is 0 Å². The van der Waals surface area contributed by atoms with Crippen LogP contribution in [-0.4, -0.2) is 35.7 Å². The molecule has 1 aliphatic carbocycles. The molecule has 0 aliphatic heterocycles. The molecule has 0 bridgehead atoms. The van der Waals surface area contributed by atoms with Crippen molar-refractivity contribution in [1.82, 2.24) is 5.32 Å². The highest BCUT2D eigenvalue weighted by molar-refractivity contribution is 5.98. The van der Waals surface area contributed by atoms with Gasteiger partial charge in [0.2, 0.25) is 0 Å². The molecule has 0 radical (unpaired) electrons. The molecule has 9 heteroatoms. The Kier molecular flexibility index (Phi) is 6.77. The number of hydrogen-bond acceptors (Lipinski definition) is 4. The molecular weight excluding hydrogens is 458 g/mol. The summed E-state index contributed by atoms with van der Waals surface area (Å²) < 4.78 is 34.5. The number of anilines is 1. The lowest BCUT2D eigenvalue weighted by Gasteiger charge is -2.16. The zero-order chi connectivity index (χ0) is 25.1. The largest absolute Gasteiger partial charge is 0.480 e. The summed E-state index contributed by atoms with van der Waals surface area (Å²) in [7, 11) is 0. The predicted molar refractivity (Wildman–Crippen MR) is 124 cm³/mol. The molecule has 7 nitrogen and oxygen atoms in total. The number of carbonyl (C=O) groups excluding carboxylic acids is 2. The van der Waals surface area contributed by atoms with Crippen molar-refractivity contribution in [3.05, 3.63) is 89.0 Å². The van der Waals surface area contributed by atoms with Crippen LogP contribution >= 0.6 is 0 Å². The van der Waals surface area contributed by atoms with Crippen LogP contribution in [-0.2, 0) is 9.53 Å². The summed E-state index contributed by atoms with van der Waals surface area (Å²) in [6.07, 6.45) is -0.970. The third kappa shape index (κ3) is 4.70. The maximum atomic E-state index is 14.9. The Morgan fingerprint density at radius 3 is 2.14 bits per heavy atom. The Hall–Kier alpha value is -4.27. The van der Waals surface area contributed by atoms with Gasteiger partial charge in [0.25, 0.3) is 5.91 Å². The zero-order valence-corrected chi connectivity index (χ0v) is 18.7. The first-order valence-corrected chi connectivity index (χ1v) is 11.0. The number of carboxylic acid groups (broad SMARTS) is 1. The number of fused-ring (bicyclic) bond motifs is 3. The van der Waals surface area contributed by atoms with Crippen LogP contribution in [0.5, 0.6) is 0 Å². The average molecular weight is 480 g/mol. The fourth-order valence-electron chi connectivity index (χ4n) is 4.17. The Morgan fingerprint density at radius 1 is 0.971 bits per heavy atom. The second-order valence-corrected chi connectivity index (χ2v) is 8.01. The van der Waals surface area contributed by atoms with E-state index < -0.39 is 46.9 Å². The van der Waals surface area contributed by atoms with E-state index in [0.717, 1.165) is 34.4 Å². The second kappa shape index (κ2) is 9.92. The van der Waals surface area contributed by atoms with Gasteiger partial charge in [-0.3, -0.25) is 10.1 Å². The Morgan fingerprint density at radius 2 is 1.57 bits per heavy atom. The van der Waals surface area contributed by atoms with Gasteiger partial charge in [-0.15, -0.1) is 0 Å². The van der Waals surface area contributed by atoms with Gasteiger partial charge in [0, 0.05) is 5.92 Å². The quantitative estimate of drug-likeness (QED) is 0.445. The smallest absolute Gasteiger partial charge is 0.411 e. The summed E-state index contributed by atoms with van der Waals surface area (Å²) in [5.41, 5.74) is 2.61. The summed E-state index contributed by atoms with van der Waals surface area (Å²) in [5.74, 6) is -5.33. The van der Waals surface area contributed by atoms with Crippen molar-refractivity contribution in [2.24, 2.45) is 0 Å². The second-order valence-electron chi connectivity index (χ2n) is 8.01. The molecule has 3 N–H and O–H groups in total. The SMILES string of the molecule is CC[C@@H](NC(=O)c1c(F)ccc(NC(=O)OCC2c3ccccc3-c3ccccc32)c1F)C(=O)O. The monoisotopic (exact) mass is 480 g/mol. The van der Waals surface area contributed by atoms with Gasteiger partial charge >= 0.3 is 12.1 Å². The van der Waals surface area contributed by atoms with Crippen molar-refractivity contribution >= 4 is 23.7 Å². The van der Waals surface area contributed by atoms with Crippen molar-refractivity contribution < 1.29 is 33.0 Å². The highest BCUT2D eigenvalue weighted by Gasteiger charge is 2.30. The van der Waals surface area contributed by atoms with Crippen LogP contribution in [0.3, 0.4) is 0 Å². The lowest BCUT2D eigenvalue weighted by Crippen LogP contribution is -2.41. The standard InChI is InChI=1S/C26H22F2N2O5/c1-2-20(25(32)33)29-24(31)22-19(27)11-12-21(23(22)28)30-26(34)35-13-18-16-9-5-3-7-14(16)15-8-4-6-10-17(15)18/h3-12,18,20H,2,13H2,1H3,(H,29,31)(H,30,34)(H,32,33)/t20-/m1/s1. The number of halogens is 2. The fraction of sp³-hybridized carbons (Fsp3) is 0.192. The minimum atomic E-state index is -1.34. The molecule has 0 fully saturated rings. The first kappa shape index (κ1) is 23.9. The Balaban J connectivity index is 1.48. The molecule has 4 rings (SSSR count). The average Bonchev–Trinajstić information content (AvgIpc) is 3.16. The number of benzene rings is 3. The summed E-state index contributed by atoms with van der Waals surface area (Å²) >= 11 is 0. The third-order valence-electron chi connectivity index (χ3n) is 5.91. The molecule has 1 atom stereocenters. The van der Waals surface area contributed by atoms with Crippen molar-refractivity contribution in [3.63, 3.8) is 0 Å². The van der Waals surface area contributed by atoms with Gasteiger partial charge in [-0.05, 0) is 40.8 Å². The van der Waals surface area contributed by atoms with E-state index in [1.54, 1.807) is 0 Å².